The van der Waals surface area contributed by atoms with Gasteiger partial charge in [-0.25, -0.2) is 18.7 Å². The zero-order chi connectivity index (χ0) is 17.2. The number of rotatable bonds is 3. The van der Waals surface area contributed by atoms with E-state index in [1.54, 1.807) is 0 Å². The van der Waals surface area contributed by atoms with Crippen LogP contribution in [0.25, 0.3) is 11.4 Å². The maximum absolute atomic E-state index is 13.9. The number of nitrogens with zero attached hydrogens (tertiary/aromatic N) is 3. The highest BCUT2D eigenvalue weighted by molar-refractivity contribution is 5.54. The van der Waals surface area contributed by atoms with Gasteiger partial charge in [-0.2, -0.15) is 0 Å². The summed E-state index contributed by atoms with van der Waals surface area (Å²) >= 11 is 0. The second-order valence-electron chi connectivity index (χ2n) is 6.19. The average Bonchev–Trinajstić information content (AvgIpc) is 2.65. The van der Waals surface area contributed by atoms with Crippen molar-refractivity contribution in [3.8, 4) is 11.4 Å². The van der Waals surface area contributed by atoms with Crippen LogP contribution in [0.3, 0.4) is 0 Å². The van der Waals surface area contributed by atoms with E-state index < -0.39 is 11.6 Å². The molecule has 3 aromatic rings. The molecule has 4 rings (SSSR count). The topological polar surface area (TPSA) is 29.0 Å². The van der Waals surface area contributed by atoms with Crippen molar-refractivity contribution >= 4 is 0 Å². The molecule has 0 saturated heterocycles. The van der Waals surface area contributed by atoms with E-state index in [-0.39, 0.29) is 12.1 Å². The van der Waals surface area contributed by atoms with Crippen LogP contribution in [0.1, 0.15) is 16.8 Å². The number of benzene rings is 2. The molecule has 3 nitrogen and oxygen atoms in total. The first-order valence-corrected chi connectivity index (χ1v) is 8.26. The number of fused-ring (bicyclic) bond motifs is 1. The molecule has 0 fully saturated rings. The Morgan fingerprint density at radius 2 is 1.72 bits per heavy atom. The molecule has 0 bridgehead atoms. The standard InChI is InChI=1S/C20H17F2N3/c21-17-7-4-8-18(22)16(17)13-25-10-9-19-15(12-25)11-23-20(24-19)14-5-2-1-3-6-14/h1-8,11H,9-10,12-13H2. The van der Waals surface area contributed by atoms with Gasteiger partial charge in [-0.05, 0) is 12.1 Å². The van der Waals surface area contributed by atoms with Gasteiger partial charge in [-0.1, -0.05) is 36.4 Å². The molecular weight excluding hydrogens is 320 g/mol. The van der Waals surface area contributed by atoms with Gasteiger partial charge in [-0.15, -0.1) is 0 Å². The molecule has 5 heteroatoms. The molecule has 25 heavy (non-hydrogen) atoms. The molecule has 1 aliphatic heterocycles. The number of hydrogen-bond donors (Lipinski definition) is 0. The second-order valence-corrected chi connectivity index (χ2v) is 6.19. The summed E-state index contributed by atoms with van der Waals surface area (Å²) in [6, 6.07) is 13.8. The molecule has 2 aromatic carbocycles. The SMILES string of the molecule is Fc1cccc(F)c1CN1CCc2nc(-c3ccccc3)ncc2C1. The minimum absolute atomic E-state index is 0.118. The Labute approximate surface area is 145 Å². The van der Waals surface area contributed by atoms with E-state index in [2.05, 4.69) is 9.97 Å². The van der Waals surface area contributed by atoms with Crippen LogP contribution in [-0.2, 0) is 19.5 Å². The lowest BCUT2D eigenvalue weighted by Crippen LogP contribution is -2.31. The summed E-state index contributed by atoms with van der Waals surface area (Å²) in [6.45, 7) is 1.56. The molecule has 0 radical (unpaired) electrons. The van der Waals surface area contributed by atoms with Crippen LogP contribution in [-0.4, -0.2) is 21.4 Å². The highest BCUT2D eigenvalue weighted by Crippen LogP contribution is 2.23. The van der Waals surface area contributed by atoms with Crippen molar-refractivity contribution in [2.24, 2.45) is 0 Å². The largest absolute Gasteiger partial charge is 0.294 e. The van der Waals surface area contributed by atoms with Crippen LogP contribution in [0.2, 0.25) is 0 Å². The highest BCUT2D eigenvalue weighted by atomic mass is 19.1. The van der Waals surface area contributed by atoms with Crippen LogP contribution in [0, 0.1) is 11.6 Å². The van der Waals surface area contributed by atoms with Gasteiger partial charge < -0.3 is 0 Å². The third kappa shape index (κ3) is 3.28. The van der Waals surface area contributed by atoms with E-state index in [4.69, 9.17) is 0 Å². The Hall–Kier alpha value is -2.66. The van der Waals surface area contributed by atoms with Crippen LogP contribution in [0.5, 0.6) is 0 Å². The summed E-state index contributed by atoms with van der Waals surface area (Å²) in [4.78, 5) is 11.2. The lowest BCUT2D eigenvalue weighted by molar-refractivity contribution is 0.236. The molecule has 1 aliphatic rings. The van der Waals surface area contributed by atoms with Gasteiger partial charge in [0.25, 0.3) is 0 Å². The Morgan fingerprint density at radius 3 is 2.48 bits per heavy atom. The lowest BCUT2D eigenvalue weighted by Gasteiger charge is -2.28. The summed E-state index contributed by atoms with van der Waals surface area (Å²) in [7, 11) is 0. The van der Waals surface area contributed by atoms with E-state index >= 15 is 0 Å². The average molecular weight is 337 g/mol. The van der Waals surface area contributed by atoms with Gasteiger partial charge in [0.2, 0.25) is 0 Å². The van der Waals surface area contributed by atoms with Crippen molar-refractivity contribution < 1.29 is 8.78 Å². The minimum Gasteiger partial charge on any atom is -0.294 e. The normalized spacial score (nSPS) is 14.3. The Kier molecular flexibility index (Phi) is 4.24. The third-order valence-corrected chi connectivity index (χ3v) is 4.49. The van der Waals surface area contributed by atoms with Crippen LogP contribution in [0.4, 0.5) is 8.78 Å². The first-order chi connectivity index (χ1) is 12.2. The van der Waals surface area contributed by atoms with Gasteiger partial charge in [0, 0.05) is 48.9 Å². The van der Waals surface area contributed by atoms with Crippen LogP contribution >= 0.6 is 0 Å². The lowest BCUT2D eigenvalue weighted by atomic mass is 10.1. The van der Waals surface area contributed by atoms with E-state index in [0.29, 0.717) is 18.9 Å². The highest BCUT2D eigenvalue weighted by Gasteiger charge is 2.21. The molecule has 0 amide bonds. The molecule has 0 saturated carbocycles. The van der Waals surface area contributed by atoms with E-state index in [1.165, 1.54) is 18.2 Å². The molecule has 0 atom stereocenters. The molecule has 0 unspecified atom stereocenters. The molecule has 0 N–H and O–H groups in total. The van der Waals surface area contributed by atoms with Crippen molar-refractivity contribution in [3.63, 3.8) is 0 Å². The molecule has 0 aliphatic carbocycles. The summed E-state index contributed by atoms with van der Waals surface area (Å²) in [5, 5.41) is 0. The molecule has 126 valence electrons. The smallest absolute Gasteiger partial charge is 0.159 e. The van der Waals surface area contributed by atoms with Crippen molar-refractivity contribution in [1.82, 2.24) is 14.9 Å². The van der Waals surface area contributed by atoms with Gasteiger partial charge in [0.15, 0.2) is 5.82 Å². The zero-order valence-corrected chi connectivity index (χ0v) is 13.6. The fraction of sp³-hybridized carbons (Fsp3) is 0.200. The van der Waals surface area contributed by atoms with Gasteiger partial charge in [0.1, 0.15) is 11.6 Å². The second kappa shape index (κ2) is 6.69. The van der Waals surface area contributed by atoms with E-state index in [0.717, 1.165) is 23.2 Å². The summed E-state index contributed by atoms with van der Waals surface area (Å²) in [6.07, 6.45) is 2.57. The predicted octanol–water partition coefficient (Wildman–Crippen LogP) is 3.98. The van der Waals surface area contributed by atoms with E-state index in [1.807, 2.05) is 41.4 Å². The molecular formula is C20H17F2N3. The van der Waals surface area contributed by atoms with Crippen molar-refractivity contribution in [3.05, 3.63) is 83.2 Å². The minimum atomic E-state index is -0.499. The predicted molar refractivity (Wildman–Crippen MR) is 91.6 cm³/mol. The Morgan fingerprint density at radius 1 is 0.960 bits per heavy atom. The number of hydrogen-bond acceptors (Lipinski definition) is 3. The summed E-state index contributed by atoms with van der Waals surface area (Å²) in [5.41, 5.74) is 3.13. The molecule has 2 heterocycles. The van der Waals surface area contributed by atoms with Crippen molar-refractivity contribution in [2.75, 3.05) is 6.54 Å². The number of halogens is 2. The van der Waals surface area contributed by atoms with Crippen molar-refractivity contribution in [1.29, 1.82) is 0 Å². The molecule has 1 aromatic heterocycles. The fourth-order valence-electron chi connectivity index (χ4n) is 3.14. The Bertz CT molecular complexity index is 876. The monoisotopic (exact) mass is 337 g/mol. The van der Waals surface area contributed by atoms with Crippen LogP contribution in [0.15, 0.2) is 54.7 Å². The molecule has 0 spiro atoms. The van der Waals surface area contributed by atoms with Crippen molar-refractivity contribution in [2.45, 2.75) is 19.5 Å². The first kappa shape index (κ1) is 15.8. The zero-order valence-electron chi connectivity index (χ0n) is 13.6. The first-order valence-electron chi connectivity index (χ1n) is 8.26. The third-order valence-electron chi connectivity index (χ3n) is 4.49. The maximum Gasteiger partial charge on any atom is 0.159 e. The maximum atomic E-state index is 13.9. The van der Waals surface area contributed by atoms with Gasteiger partial charge in [-0.3, -0.25) is 4.90 Å². The van der Waals surface area contributed by atoms with Crippen LogP contribution < -0.4 is 0 Å². The van der Waals surface area contributed by atoms with E-state index in [9.17, 15) is 8.78 Å². The fourth-order valence-corrected chi connectivity index (χ4v) is 3.14. The van der Waals surface area contributed by atoms with Gasteiger partial charge in [0.05, 0.1) is 5.69 Å². The summed E-state index contributed by atoms with van der Waals surface area (Å²) < 4.78 is 27.7. The summed E-state index contributed by atoms with van der Waals surface area (Å²) in [5.74, 6) is -0.282. The number of aromatic nitrogens is 2. The quantitative estimate of drug-likeness (QED) is 0.724. The van der Waals surface area contributed by atoms with Gasteiger partial charge >= 0.3 is 0 Å². The Balaban J connectivity index is 1.54.